The standard InChI is InChI=1S/C19H24N4O3S/c1-27-14-12-21-19(20-11-13-26-18-5-3-2-4-6-18)22-15-16-7-9-17(10-8-16)23(24)25/h2-10H,11-15H2,1H3,(H2,20,21,22). The molecule has 2 aromatic carbocycles. The Balaban J connectivity index is 1.85. The molecule has 0 aliphatic carbocycles. The van der Waals surface area contributed by atoms with Crippen LogP contribution in [0.3, 0.4) is 0 Å². The van der Waals surface area contributed by atoms with Crippen LogP contribution in [0.2, 0.25) is 0 Å². The largest absolute Gasteiger partial charge is 0.492 e. The summed E-state index contributed by atoms with van der Waals surface area (Å²) in [6.07, 6.45) is 2.05. The highest BCUT2D eigenvalue weighted by atomic mass is 32.2. The molecule has 2 rings (SSSR count). The lowest BCUT2D eigenvalue weighted by Gasteiger charge is -2.13. The second-order valence-corrected chi connectivity index (χ2v) is 6.58. The molecule has 2 N–H and O–H groups in total. The van der Waals surface area contributed by atoms with Crippen LogP contribution in [-0.2, 0) is 6.54 Å². The Kier molecular flexibility index (Phi) is 8.99. The van der Waals surface area contributed by atoms with Gasteiger partial charge < -0.3 is 15.4 Å². The maximum absolute atomic E-state index is 10.7. The van der Waals surface area contributed by atoms with Crippen LogP contribution in [-0.4, -0.2) is 42.6 Å². The minimum Gasteiger partial charge on any atom is -0.492 e. The molecule has 0 aromatic heterocycles. The van der Waals surface area contributed by atoms with Gasteiger partial charge in [-0.15, -0.1) is 0 Å². The van der Waals surface area contributed by atoms with Crippen molar-refractivity contribution in [1.82, 2.24) is 10.6 Å². The lowest BCUT2D eigenvalue weighted by molar-refractivity contribution is -0.384. The van der Waals surface area contributed by atoms with Crippen molar-refractivity contribution in [2.75, 3.05) is 31.7 Å². The highest BCUT2D eigenvalue weighted by Crippen LogP contribution is 2.12. The van der Waals surface area contributed by atoms with Gasteiger partial charge in [0.05, 0.1) is 18.0 Å². The lowest BCUT2D eigenvalue weighted by atomic mass is 10.2. The number of nitro groups is 1. The maximum Gasteiger partial charge on any atom is 0.269 e. The van der Waals surface area contributed by atoms with E-state index >= 15 is 0 Å². The van der Waals surface area contributed by atoms with Gasteiger partial charge in [-0.2, -0.15) is 11.8 Å². The number of thioether (sulfide) groups is 1. The van der Waals surface area contributed by atoms with Gasteiger partial charge in [-0.3, -0.25) is 10.1 Å². The van der Waals surface area contributed by atoms with Crippen LogP contribution in [0, 0.1) is 10.1 Å². The average molecular weight is 388 g/mol. The topological polar surface area (TPSA) is 88.8 Å². The summed E-state index contributed by atoms with van der Waals surface area (Å²) >= 11 is 1.75. The maximum atomic E-state index is 10.7. The zero-order valence-corrected chi connectivity index (χ0v) is 16.1. The van der Waals surface area contributed by atoms with Crippen LogP contribution in [0.5, 0.6) is 5.75 Å². The number of nitrogens with one attached hydrogen (secondary N) is 2. The third-order valence-corrected chi connectivity index (χ3v) is 4.18. The van der Waals surface area contributed by atoms with Gasteiger partial charge in [-0.25, -0.2) is 4.99 Å². The van der Waals surface area contributed by atoms with Crippen molar-refractivity contribution in [3.05, 3.63) is 70.3 Å². The number of nitrogens with zero attached hydrogens (tertiary/aromatic N) is 2. The van der Waals surface area contributed by atoms with E-state index in [0.29, 0.717) is 25.7 Å². The van der Waals surface area contributed by atoms with E-state index in [1.54, 1.807) is 23.9 Å². The fourth-order valence-electron chi connectivity index (χ4n) is 2.19. The minimum absolute atomic E-state index is 0.0808. The summed E-state index contributed by atoms with van der Waals surface area (Å²) < 4.78 is 5.67. The van der Waals surface area contributed by atoms with Crippen LogP contribution in [0.1, 0.15) is 5.56 Å². The molecule has 0 bridgehead atoms. The molecule has 0 radical (unpaired) electrons. The molecule has 0 spiro atoms. The number of rotatable bonds is 10. The van der Waals surface area contributed by atoms with Crippen molar-refractivity contribution >= 4 is 23.4 Å². The van der Waals surface area contributed by atoms with Crippen molar-refractivity contribution in [3.63, 3.8) is 0 Å². The molecule has 0 aliphatic rings. The fourth-order valence-corrected chi connectivity index (χ4v) is 2.50. The zero-order chi connectivity index (χ0) is 19.3. The Morgan fingerprint density at radius 3 is 2.48 bits per heavy atom. The van der Waals surface area contributed by atoms with E-state index < -0.39 is 4.92 Å². The lowest BCUT2D eigenvalue weighted by Crippen LogP contribution is -2.40. The van der Waals surface area contributed by atoms with Gasteiger partial charge in [0, 0.05) is 24.4 Å². The van der Waals surface area contributed by atoms with E-state index in [-0.39, 0.29) is 5.69 Å². The predicted octanol–water partition coefficient (Wildman–Crippen LogP) is 3.07. The van der Waals surface area contributed by atoms with E-state index in [9.17, 15) is 10.1 Å². The van der Waals surface area contributed by atoms with Crippen LogP contribution < -0.4 is 15.4 Å². The van der Waals surface area contributed by atoms with E-state index in [1.165, 1.54) is 12.1 Å². The summed E-state index contributed by atoms with van der Waals surface area (Å²) in [4.78, 5) is 14.9. The molecule has 0 aliphatic heterocycles. The smallest absolute Gasteiger partial charge is 0.269 e. The average Bonchev–Trinajstić information content (AvgIpc) is 2.70. The van der Waals surface area contributed by atoms with Gasteiger partial charge in [0.25, 0.3) is 5.69 Å². The fraction of sp³-hybridized carbons (Fsp3) is 0.316. The van der Waals surface area contributed by atoms with E-state index in [0.717, 1.165) is 23.6 Å². The predicted molar refractivity (Wildman–Crippen MR) is 111 cm³/mol. The van der Waals surface area contributed by atoms with Crippen LogP contribution in [0.4, 0.5) is 5.69 Å². The first kappa shape index (κ1) is 20.6. The number of aliphatic imine (C=N–C) groups is 1. The molecule has 0 amide bonds. The van der Waals surface area contributed by atoms with Gasteiger partial charge >= 0.3 is 0 Å². The Labute approximate surface area is 163 Å². The van der Waals surface area contributed by atoms with Crippen molar-refractivity contribution in [2.45, 2.75) is 6.54 Å². The first-order valence-electron chi connectivity index (χ1n) is 8.61. The van der Waals surface area contributed by atoms with Gasteiger partial charge in [-0.1, -0.05) is 30.3 Å². The van der Waals surface area contributed by atoms with E-state index in [2.05, 4.69) is 21.9 Å². The molecular weight excluding hydrogens is 364 g/mol. The van der Waals surface area contributed by atoms with E-state index in [1.807, 2.05) is 30.3 Å². The molecule has 0 saturated carbocycles. The minimum atomic E-state index is -0.406. The van der Waals surface area contributed by atoms with Crippen molar-refractivity contribution < 1.29 is 9.66 Å². The number of non-ortho nitro benzene ring substituents is 1. The van der Waals surface area contributed by atoms with E-state index in [4.69, 9.17) is 4.74 Å². The second kappa shape index (κ2) is 11.8. The molecule has 0 atom stereocenters. The Morgan fingerprint density at radius 1 is 1.11 bits per heavy atom. The van der Waals surface area contributed by atoms with Gasteiger partial charge in [0.2, 0.25) is 0 Å². The molecule has 144 valence electrons. The van der Waals surface area contributed by atoms with Crippen molar-refractivity contribution in [2.24, 2.45) is 4.99 Å². The molecule has 0 unspecified atom stereocenters. The third kappa shape index (κ3) is 8.00. The highest BCUT2D eigenvalue weighted by molar-refractivity contribution is 7.98. The summed E-state index contributed by atoms with van der Waals surface area (Å²) in [5.41, 5.74) is 0.990. The molecule has 2 aromatic rings. The molecule has 27 heavy (non-hydrogen) atoms. The van der Waals surface area contributed by atoms with Crippen LogP contribution in [0.25, 0.3) is 0 Å². The molecular formula is C19H24N4O3S. The van der Waals surface area contributed by atoms with Gasteiger partial charge in [0.15, 0.2) is 5.96 Å². The molecule has 0 heterocycles. The number of para-hydroxylation sites is 1. The Bertz CT molecular complexity index is 723. The Hall–Kier alpha value is -2.74. The molecule has 8 heteroatoms. The summed E-state index contributed by atoms with van der Waals surface area (Å²) in [5, 5.41) is 17.2. The number of guanidine groups is 1. The first-order chi connectivity index (χ1) is 13.2. The van der Waals surface area contributed by atoms with Crippen LogP contribution in [0.15, 0.2) is 59.6 Å². The first-order valence-corrected chi connectivity index (χ1v) is 10.0. The third-order valence-electron chi connectivity index (χ3n) is 3.57. The number of benzene rings is 2. The van der Waals surface area contributed by atoms with Crippen LogP contribution >= 0.6 is 11.8 Å². The number of nitro benzene ring substituents is 1. The van der Waals surface area contributed by atoms with Gasteiger partial charge in [0.1, 0.15) is 12.4 Å². The summed E-state index contributed by atoms with van der Waals surface area (Å²) in [5.74, 6) is 2.50. The number of hydrogen-bond donors (Lipinski definition) is 2. The zero-order valence-electron chi connectivity index (χ0n) is 15.3. The summed E-state index contributed by atoms with van der Waals surface area (Å²) in [6, 6.07) is 16.1. The van der Waals surface area contributed by atoms with Gasteiger partial charge in [-0.05, 0) is 24.0 Å². The number of ether oxygens (including phenoxy) is 1. The second-order valence-electron chi connectivity index (χ2n) is 5.60. The molecule has 0 fully saturated rings. The normalized spacial score (nSPS) is 11.1. The highest BCUT2D eigenvalue weighted by Gasteiger charge is 2.04. The number of hydrogen-bond acceptors (Lipinski definition) is 5. The SMILES string of the molecule is CSCCNC(=NCc1ccc([N+](=O)[O-])cc1)NCCOc1ccccc1. The molecule has 0 saturated heterocycles. The molecule has 7 nitrogen and oxygen atoms in total. The van der Waals surface area contributed by atoms with Crippen molar-refractivity contribution in [1.29, 1.82) is 0 Å². The van der Waals surface area contributed by atoms with Crippen molar-refractivity contribution in [3.8, 4) is 5.75 Å². The summed E-state index contributed by atoms with van der Waals surface area (Å²) in [6.45, 7) is 2.37. The Morgan fingerprint density at radius 2 is 1.81 bits per heavy atom. The summed E-state index contributed by atoms with van der Waals surface area (Å²) in [7, 11) is 0. The monoisotopic (exact) mass is 388 g/mol. The quantitative estimate of drug-likeness (QED) is 0.214.